The van der Waals surface area contributed by atoms with Crippen molar-refractivity contribution >= 4 is 12.6 Å². The van der Waals surface area contributed by atoms with Crippen molar-refractivity contribution in [1.29, 1.82) is 0 Å². The molecular formula is C33H54NPTi. The van der Waals surface area contributed by atoms with Gasteiger partial charge >= 0.3 is 0 Å². The summed E-state index contributed by atoms with van der Waals surface area (Å²) in [4.78, 5) is 0. The fourth-order valence-electron chi connectivity index (χ4n) is 5.22. The van der Waals surface area contributed by atoms with Crippen LogP contribution in [0.5, 0.6) is 0 Å². The van der Waals surface area contributed by atoms with Crippen LogP contribution < -0.4 is 0 Å². The SMILES string of the molecule is C=CC(=C)c1ccccc1.CCCCC(C)P(=NC1=CC=CC1)(C(C)CCCC)C(C)CCCC.[Ti]. The van der Waals surface area contributed by atoms with Gasteiger partial charge in [-0.3, -0.25) is 4.74 Å². The topological polar surface area (TPSA) is 12.4 Å². The van der Waals surface area contributed by atoms with E-state index in [0.29, 0.717) is 0 Å². The normalized spacial score (nSPS) is 16.3. The van der Waals surface area contributed by atoms with Gasteiger partial charge in [-0.2, -0.15) is 0 Å². The van der Waals surface area contributed by atoms with Gasteiger partial charge < -0.3 is 0 Å². The van der Waals surface area contributed by atoms with Gasteiger partial charge in [0.15, 0.2) is 0 Å². The van der Waals surface area contributed by atoms with Gasteiger partial charge in [0.05, 0.1) is 0 Å². The van der Waals surface area contributed by atoms with Gasteiger partial charge in [0.25, 0.3) is 0 Å². The second-order valence-corrected chi connectivity index (χ2v) is 14.7. The van der Waals surface area contributed by atoms with E-state index in [2.05, 4.69) is 72.9 Å². The second kappa shape index (κ2) is 20.1. The molecule has 3 unspecified atom stereocenters. The fraction of sp³-hybridized carbons (Fsp3) is 0.576. The minimum Gasteiger partial charge on any atom is -0.271 e. The standard InChI is InChI=1S/C23H44NP.C10H10.Ti/c1-7-10-15-20(4)25(21(5)16-11-8-2,22(6)17-12-9-3)24-23-18-13-14-19-23;1-3-9(2)10-7-5-4-6-8-10;/h13-14,18,20-22H,7-12,15-17,19H2,1-6H3;3-8H,1-2H2;. The van der Waals surface area contributed by atoms with Crippen molar-refractivity contribution in [1.82, 2.24) is 0 Å². The van der Waals surface area contributed by atoms with Crippen molar-refractivity contribution in [3.8, 4) is 0 Å². The third kappa shape index (κ3) is 11.2. The Hall–Kier alpha value is -0.876. The van der Waals surface area contributed by atoms with Crippen LogP contribution in [0.15, 0.2) is 78.2 Å². The molecule has 1 aromatic rings. The van der Waals surface area contributed by atoms with Crippen molar-refractivity contribution < 1.29 is 21.7 Å². The maximum Gasteiger partial charge on any atom is 0.0425 e. The number of unbranched alkanes of at least 4 members (excludes halogenated alkanes) is 3. The minimum absolute atomic E-state index is 0. The molecule has 0 saturated carbocycles. The van der Waals surface area contributed by atoms with Crippen LogP contribution in [0, 0.1) is 0 Å². The Labute approximate surface area is 240 Å². The summed E-state index contributed by atoms with van der Waals surface area (Å²) in [6.07, 6.45) is 21.7. The van der Waals surface area contributed by atoms with Gasteiger partial charge in [-0.05, 0) is 60.5 Å². The average Bonchev–Trinajstić information content (AvgIpc) is 3.41. The number of rotatable bonds is 15. The summed E-state index contributed by atoms with van der Waals surface area (Å²) in [6.45, 7) is 22.1. The van der Waals surface area contributed by atoms with Gasteiger partial charge in [0.1, 0.15) is 0 Å². The van der Waals surface area contributed by atoms with E-state index in [1.165, 1.54) is 63.5 Å². The third-order valence-corrected chi connectivity index (χ3v) is 13.1. The molecule has 0 saturated heterocycles. The molecule has 0 aromatic heterocycles. The molecule has 3 heteroatoms. The van der Waals surface area contributed by atoms with E-state index in [0.717, 1.165) is 34.5 Å². The maximum atomic E-state index is 5.68. The predicted molar refractivity (Wildman–Crippen MR) is 164 cm³/mol. The Morgan fingerprint density at radius 3 is 1.72 bits per heavy atom. The number of hydrogen-bond donors (Lipinski definition) is 0. The molecule has 0 bridgehead atoms. The van der Waals surface area contributed by atoms with Crippen molar-refractivity contribution in [2.24, 2.45) is 4.74 Å². The van der Waals surface area contributed by atoms with Crippen LogP contribution in [0.2, 0.25) is 0 Å². The molecule has 0 fully saturated rings. The van der Waals surface area contributed by atoms with Crippen LogP contribution in [-0.2, 0) is 21.7 Å². The van der Waals surface area contributed by atoms with Crippen LogP contribution >= 0.6 is 7.05 Å². The fourth-order valence-corrected chi connectivity index (χ4v) is 10.8. The maximum absolute atomic E-state index is 5.68. The zero-order valence-electron chi connectivity index (χ0n) is 24.3. The van der Waals surface area contributed by atoms with Crippen LogP contribution in [-0.4, -0.2) is 17.0 Å². The Morgan fingerprint density at radius 1 is 0.889 bits per heavy atom. The Kier molecular flexibility index (Phi) is 19.6. The van der Waals surface area contributed by atoms with Crippen LogP contribution in [0.4, 0.5) is 0 Å². The van der Waals surface area contributed by atoms with E-state index in [4.69, 9.17) is 4.74 Å². The molecule has 0 N–H and O–H groups in total. The molecule has 1 aromatic carbocycles. The van der Waals surface area contributed by atoms with Crippen LogP contribution in [0.1, 0.15) is 111 Å². The first kappa shape index (κ1) is 35.1. The molecule has 3 atom stereocenters. The zero-order chi connectivity index (χ0) is 26.1. The van der Waals surface area contributed by atoms with Gasteiger partial charge in [-0.15, -0.1) is 0 Å². The van der Waals surface area contributed by atoms with E-state index < -0.39 is 7.05 Å². The number of nitrogens with zero attached hydrogens (tertiary/aromatic N) is 1. The summed E-state index contributed by atoms with van der Waals surface area (Å²) in [5, 5.41) is 0. The molecule has 36 heavy (non-hydrogen) atoms. The Morgan fingerprint density at radius 2 is 1.36 bits per heavy atom. The molecule has 1 nitrogen and oxygen atoms in total. The van der Waals surface area contributed by atoms with Crippen LogP contribution in [0.3, 0.4) is 0 Å². The van der Waals surface area contributed by atoms with Crippen molar-refractivity contribution in [3.05, 3.63) is 79.1 Å². The van der Waals surface area contributed by atoms with Gasteiger partial charge in [-0.1, -0.05) is 142 Å². The van der Waals surface area contributed by atoms with Crippen molar-refractivity contribution in [2.45, 2.75) is 123 Å². The Bertz CT molecular complexity index is 809. The number of allylic oxidation sites excluding steroid dienone is 5. The quantitative estimate of drug-likeness (QED) is 0.119. The zero-order valence-corrected chi connectivity index (χ0v) is 26.8. The van der Waals surface area contributed by atoms with E-state index in [1.807, 2.05) is 30.3 Å². The van der Waals surface area contributed by atoms with E-state index in [-0.39, 0.29) is 21.7 Å². The molecule has 0 spiro atoms. The molecule has 1 aliphatic carbocycles. The Balaban J connectivity index is 0.000000930. The van der Waals surface area contributed by atoms with Crippen LogP contribution in [0.25, 0.3) is 5.57 Å². The van der Waals surface area contributed by atoms with Gasteiger partial charge in [-0.25, -0.2) is 0 Å². The summed E-state index contributed by atoms with van der Waals surface area (Å²) in [7, 11) is -1.39. The molecule has 2 rings (SSSR count). The molecule has 200 valence electrons. The molecule has 0 radical (unpaired) electrons. The molecule has 0 amide bonds. The van der Waals surface area contributed by atoms with Gasteiger partial charge in [0, 0.05) is 33.8 Å². The van der Waals surface area contributed by atoms with E-state index in [1.54, 1.807) is 6.08 Å². The largest absolute Gasteiger partial charge is 0.271 e. The summed E-state index contributed by atoms with van der Waals surface area (Å²) >= 11 is 0. The molecule has 0 heterocycles. The summed E-state index contributed by atoms with van der Waals surface area (Å²) in [6, 6.07) is 10.0. The van der Waals surface area contributed by atoms with Crippen molar-refractivity contribution in [2.75, 3.05) is 0 Å². The molecule has 0 aliphatic heterocycles. The second-order valence-electron chi connectivity index (χ2n) is 10.3. The smallest absolute Gasteiger partial charge is 0.0425 e. The first-order chi connectivity index (χ1) is 16.9. The predicted octanol–water partition coefficient (Wildman–Crippen LogP) is 11.7. The minimum atomic E-state index is -1.39. The first-order valence-corrected chi connectivity index (χ1v) is 16.2. The van der Waals surface area contributed by atoms with E-state index in [9.17, 15) is 0 Å². The molecular weight excluding hydrogens is 489 g/mol. The molecule has 1 aliphatic rings. The summed E-state index contributed by atoms with van der Waals surface area (Å²) < 4.78 is 5.68. The van der Waals surface area contributed by atoms with Gasteiger partial charge in [0.2, 0.25) is 0 Å². The monoisotopic (exact) mass is 543 g/mol. The van der Waals surface area contributed by atoms with Crippen molar-refractivity contribution in [3.63, 3.8) is 0 Å². The number of hydrogen-bond acceptors (Lipinski definition) is 1. The number of benzene rings is 1. The third-order valence-electron chi connectivity index (χ3n) is 7.49. The van der Waals surface area contributed by atoms with E-state index >= 15 is 0 Å². The first-order valence-electron chi connectivity index (χ1n) is 14.2. The average molecular weight is 544 g/mol. The summed E-state index contributed by atoms with van der Waals surface area (Å²) in [5.41, 5.74) is 5.79. The summed E-state index contributed by atoms with van der Waals surface area (Å²) in [5.74, 6) is 0.